The molecule has 78 valence electrons. The van der Waals surface area contributed by atoms with E-state index in [2.05, 4.69) is 23.8 Å². The summed E-state index contributed by atoms with van der Waals surface area (Å²) in [5.74, 6) is 1.10. The summed E-state index contributed by atoms with van der Waals surface area (Å²) in [6.45, 7) is 5.01. The highest BCUT2D eigenvalue weighted by atomic mass is 35.5. The lowest BCUT2D eigenvalue weighted by Crippen LogP contribution is -2.08. The third-order valence-corrected chi connectivity index (χ3v) is 2.11. The molecule has 0 spiro atoms. The minimum atomic E-state index is 0.415. The molecular formula is C10H15ClN2O. The van der Waals surface area contributed by atoms with E-state index in [0.29, 0.717) is 23.6 Å². The summed E-state index contributed by atoms with van der Waals surface area (Å²) in [6, 6.07) is 1.63. The monoisotopic (exact) mass is 214 g/mol. The number of hydrogen-bond acceptors (Lipinski definition) is 3. The van der Waals surface area contributed by atoms with Crippen molar-refractivity contribution in [1.82, 2.24) is 9.97 Å². The first kappa shape index (κ1) is 11.2. The van der Waals surface area contributed by atoms with Gasteiger partial charge in [-0.3, -0.25) is 0 Å². The van der Waals surface area contributed by atoms with E-state index in [0.717, 1.165) is 0 Å². The van der Waals surface area contributed by atoms with E-state index in [9.17, 15) is 0 Å². The van der Waals surface area contributed by atoms with Crippen molar-refractivity contribution in [2.24, 2.45) is 5.92 Å². The second kappa shape index (κ2) is 5.81. The standard InChI is InChI=1S/C10H15ClN2O/c1-3-4-8(2)6-14-10-5-9(11)12-7-13-10/h5,7-8H,3-4,6H2,1-2H3. The Hall–Kier alpha value is -0.830. The van der Waals surface area contributed by atoms with Crippen LogP contribution in [0.25, 0.3) is 0 Å². The van der Waals surface area contributed by atoms with Gasteiger partial charge in [-0.2, -0.15) is 0 Å². The van der Waals surface area contributed by atoms with Crippen LogP contribution < -0.4 is 4.74 Å². The van der Waals surface area contributed by atoms with Crippen molar-refractivity contribution in [2.45, 2.75) is 26.7 Å². The molecule has 14 heavy (non-hydrogen) atoms. The van der Waals surface area contributed by atoms with Crippen molar-refractivity contribution in [3.63, 3.8) is 0 Å². The van der Waals surface area contributed by atoms with E-state index in [4.69, 9.17) is 16.3 Å². The number of rotatable bonds is 5. The summed E-state index contributed by atoms with van der Waals surface area (Å²) < 4.78 is 5.47. The van der Waals surface area contributed by atoms with E-state index in [1.165, 1.54) is 19.2 Å². The maximum atomic E-state index is 5.69. The Balaban J connectivity index is 2.37. The number of nitrogens with zero attached hydrogens (tertiary/aromatic N) is 2. The van der Waals surface area contributed by atoms with Gasteiger partial charge in [0.05, 0.1) is 6.61 Å². The summed E-state index contributed by atoms with van der Waals surface area (Å²) in [6.07, 6.45) is 3.75. The second-order valence-corrected chi connectivity index (χ2v) is 3.77. The molecule has 0 radical (unpaired) electrons. The van der Waals surface area contributed by atoms with Crippen LogP contribution in [0.4, 0.5) is 0 Å². The topological polar surface area (TPSA) is 35.0 Å². The van der Waals surface area contributed by atoms with E-state index < -0.39 is 0 Å². The first-order valence-corrected chi connectivity index (χ1v) is 5.20. The lowest BCUT2D eigenvalue weighted by molar-refractivity contribution is 0.242. The van der Waals surface area contributed by atoms with Gasteiger partial charge in [0.1, 0.15) is 11.5 Å². The first-order chi connectivity index (χ1) is 6.72. The lowest BCUT2D eigenvalue weighted by Gasteiger charge is -2.10. The quantitative estimate of drug-likeness (QED) is 0.707. The first-order valence-electron chi connectivity index (χ1n) is 4.82. The predicted octanol–water partition coefficient (Wildman–Crippen LogP) is 2.95. The third kappa shape index (κ3) is 3.92. The highest BCUT2D eigenvalue weighted by Crippen LogP contribution is 2.13. The van der Waals surface area contributed by atoms with Gasteiger partial charge in [0.25, 0.3) is 0 Å². The largest absolute Gasteiger partial charge is 0.477 e. The molecule has 0 bridgehead atoms. The van der Waals surface area contributed by atoms with E-state index in [1.54, 1.807) is 6.07 Å². The summed E-state index contributed by atoms with van der Waals surface area (Å²) in [4.78, 5) is 7.73. The molecule has 0 saturated heterocycles. The zero-order valence-electron chi connectivity index (χ0n) is 8.53. The zero-order valence-corrected chi connectivity index (χ0v) is 9.29. The number of aromatic nitrogens is 2. The molecule has 1 rings (SSSR count). The molecule has 1 atom stereocenters. The smallest absolute Gasteiger partial charge is 0.217 e. The average Bonchev–Trinajstić information content (AvgIpc) is 2.15. The molecule has 0 saturated carbocycles. The number of halogens is 1. The van der Waals surface area contributed by atoms with Gasteiger partial charge in [-0.25, -0.2) is 9.97 Å². The fourth-order valence-electron chi connectivity index (χ4n) is 1.20. The van der Waals surface area contributed by atoms with Gasteiger partial charge in [0.15, 0.2) is 0 Å². The van der Waals surface area contributed by atoms with Crippen LogP contribution in [0.15, 0.2) is 12.4 Å². The molecule has 3 nitrogen and oxygen atoms in total. The second-order valence-electron chi connectivity index (χ2n) is 3.38. The maximum Gasteiger partial charge on any atom is 0.217 e. The summed E-state index contributed by atoms with van der Waals surface area (Å²) in [5, 5.41) is 0.415. The molecule has 1 heterocycles. The number of ether oxygens (including phenoxy) is 1. The van der Waals surface area contributed by atoms with Crippen LogP contribution in [0, 0.1) is 5.92 Å². The van der Waals surface area contributed by atoms with Crippen LogP contribution in [-0.2, 0) is 0 Å². The van der Waals surface area contributed by atoms with Gasteiger partial charge in [-0.1, -0.05) is 31.9 Å². The van der Waals surface area contributed by atoms with Crippen molar-refractivity contribution in [3.05, 3.63) is 17.5 Å². The highest BCUT2D eigenvalue weighted by molar-refractivity contribution is 6.29. The molecule has 1 aromatic heterocycles. The van der Waals surface area contributed by atoms with Gasteiger partial charge < -0.3 is 4.74 Å². The number of hydrogen-bond donors (Lipinski definition) is 0. The van der Waals surface area contributed by atoms with Crippen LogP contribution in [0.1, 0.15) is 26.7 Å². The fraction of sp³-hybridized carbons (Fsp3) is 0.600. The Morgan fingerprint density at radius 2 is 2.29 bits per heavy atom. The maximum absolute atomic E-state index is 5.69. The van der Waals surface area contributed by atoms with Gasteiger partial charge in [-0.15, -0.1) is 0 Å². The van der Waals surface area contributed by atoms with Gasteiger partial charge in [0.2, 0.25) is 5.88 Å². The Morgan fingerprint density at radius 3 is 2.93 bits per heavy atom. The molecule has 0 aliphatic carbocycles. The molecule has 0 aliphatic heterocycles. The summed E-state index contributed by atoms with van der Waals surface area (Å²) in [7, 11) is 0. The fourth-order valence-corrected chi connectivity index (χ4v) is 1.34. The Kier molecular flexibility index (Phi) is 4.66. The van der Waals surface area contributed by atoms with Gasteiger partial charge >= 0.3 is 0 Å². The van der Waals surface area contributed by atoms with Crippen molar-refractivity contribution in [3.8, 4) is 5.88 Å². The molecule has 0 N–H and O–H groups in total. The van der Waals surface area contributed by atoms with Crippen molar-refractivity contribution in [1.29, 1.82) is 0 Å². The normalized spacial score (nSPS) is 12.5. The van der Waals surface area contributed by atoms with Crippen molar-refractivity contribution < 1.29 is 4.74 Å². The van der Waals surface area contributed by atoms with Crippen LogP contribution in [0.2, 0.25) is 5.15 Å². The molecule has 1 aromatic rings. The summed E-state index contributed by atoms with van der Waals surface area (Å²) in [5.41, 5.74) is 0. The minimum Gasteiger partial charge on any atom is -0.477 e. The molecule has 1 unspecified atom stereocenters. The average molecular weight is 215 g/mol. The molecule has 0 aliphatic rings. The van der Waals surface area contributed by atoms with Crippen LogP contribution >= 0.6 is 11.6 Å². The SMILES string of the molecule is CCCC(C)COc1cc(Cl)ncn1. The van der Waals surface area contributed by atoms with Gasteiger partial charge in [-0.05, 0) is 12.3 Å². The predicted molar refractivity (Wildman–Crippen MR) is 56.6 cm³/mol. The summed E-state index contributed by atoms with van der Waals surface area (Å²) >= 11 is 5.69. The Morgan fingerprint density at radius 1 is 1.50 bits per heavy atom. The van der Waals surface area contributed by atoms with Crippen LogP contribution in [-0.4, -0.2) is 16.6 Å². The van der Waals surface area contributed by atoms with E-state index >= 15 is 0 Å². The van der Waals surface area contributed by atoms with Crippen LogP contribution in [0.5, 0.6) is 5.88 Å². The van der Waals surface area contributed by atoms with Crippen molar-refractivity contribution in [2.75, 3.05) is 6.61 Å². The molecule has 4 heteroatoms. The zero-order chi connectivity index (χ0) is 10.4. The third-order valence-electron chi connectivity index (χ3n) is 1.91. The van der Waals surface area contributed by atoms with E-state index in [-0.39, 0.29) is 0 Å². The van der Waals surface area contributed by atoms with Crippen molar-refractivity contribution >= 4 is 11.6 Å². The van der Waals surface area contributed by atoms with Gasteiger partial charge in [0, 0.05) is 6.07 Å². The molecule has 0 fully saturated rings. The van der Waals surface area contributed by atoms with E-state index in [1.807, 2.05) is 0 Å². The van der Waals surface area contributed by atoms with Crippen LogP contribution in [0.3, 0.4) is 0 Å². The highest BCUT2D eigenvalue weighted by Gasteiger charge is 2.03. The molecule has 0 amide bonds. The molecule has 0 aromatic carbocycles. The Labute approximate surface area is 89.5 Å². The lowest BCUT2D eigenvalue weighted by atomic mass is 10.1. The Bertz CT molecular complexity index is 281. The molecular weight excluding hydrogens is 200 g/mol. The minimum absolute atomic E-state index is 0.415.